The van der Waals surface area contributed by atoms with Crippen molar-refractivity contribution in [2.75, 3.05) is 0 Å². The van der Waals surface area contributed by atoms with Crippen molar-refractivity contribution in [2.45, 2.75) is 6.61 Å². The van der Waals surface area contributed by atoms with Gasteiger partial charge in [0.2, 0.25) is 0 Å². The van der Waals surface area contributed by atoms with Crippen molar-refractivity contribution in [1.29, 1.82) is 0 Å². The van der Waals surface area contributed by atoms with E-state index in [0.717, 1.165) is 22.5 Å². The fourth-order valence-corrected chi connectivity index (χ4v) is 3.24. The lowest BCUT2D eigenvalue weighted by atomic mass is 10.1. The molecule has 2 aromatic carbocycles. The molecule has 30 heavy (non-hydrogen) atoms. The second-order valence-corrected chi connectivity index (χ2v) is 6.74. The molecule has 0 atom stereocenters. The SMILES string of the molecule is O=C(OCc1cn(-c2ccccc2)nc1-c1ccccc1)c1ccc2nncn2c1. The maximum absolute atomic E-state index is 12.6. The minimum absolute atomic E-state index is 0.107. The topological polar surface area (TPSA) is 74.3 Å². The van der Waals surface area contributed by atoms with Crippen molar-refractivity contribution >= 4 is 11.6 Å². The van der Waals surface area contributed by atoms with Crippen LogP contribution in [-0.2, 0) is 11.3 Å². The van der Waals surface area contributed by atoms with Crippen LogP contribution in [0.15, 0.2) is 91.5 Å². The number of rotatable bonds is 5. The Hall–Kier alpha value is -4.26. The van der Waals surface area contributed by atoms with Crippen LogP contribution in [0.3, 0.4) is 0 Å². The van der Waals surface area contributed by atoms with Crippen LogP contribution in [0.4, 0.5) is 0 Å². The average Bonchev–Trinajstić information content (AvgIpc) is 3.45. The van der Waals surface area contributed by atoms with Gasteiger partial charge in [0.15, 0.2) is 5.65 Å². The van der Waals surface area contributed by atoms with Crippen molar-refractivity contribution in [3.05, 3.63) is 103 Å². The molecular weight excluding hydrogens is 378 g/mol. The number of para-hydroxylation sites is 1. The Morgan fingerprint density at radius 2 is 1.67 bits per heavy atom. The summed E-state index contributed by atoms with van der Waals surface area (Å²) >= 11 is 0. The zero-order valence-electron chi connectivity index (χ0n) is 15.9. The van der Waals surface area contributed by atoms with Gasteiger partial charge in [0, 0.05) is 23.5 Å². The lowest BCUT2D eigenvalue weighted by Crippen LogP contribution is -2.06. The molecule has 0 saturated heterocycles. The highest BCUT2D eigenvalue weighted by Gasteiger charge is 2.15. The number of ether oxygens (including phenoxy) is 1. The van der Waals surface area contributed by atoms with Crippen LogP contribution < -0.4 is 0 Å². The Morgan fingerprint density at radius 1 is 0.900 bits per heavy atom. The smallest absolute Gasteiger partial charge is 0.339 e. The van der Waals surface area contributed by atoms with Crippen LogP contribution in [0.5, 0.6) is 0 Å². The summed E-state index contributed by atoms with van der Waals surface area (Å²) in [4.78, 5) is 12.6. The Bertz CT molecular complexity index is 1310. The summed E-state index contributed by atoms with van der Waals surface area (Å²) in [6, 6.07) is 23.1. The predicted molar refractivity (Wildman–Crippen MR) is 111 cm³/mol. The van der Waals surface area contributed by atoms with E-state index < -0.39 is 5.97 Å². The first-order chi connectivity index (χ1) is 14.8. The van der Waals surface area contributed by atoms with E-state index in [0.29, 0.717) is 11.2 Å². The summed E-state index contributed by atoms with van der Waals surface area (Å²) in [5.41, 5.74) is 4.60. The van der Waals surface area contributed by atoms with E-state index >= 15 is 0 Å². The highest BCUT2D eigenvalue weighted by molar-refractivity contribution is 5.89. The molecular formula is C23H17N5O2. The van der Waals surface area contributed by atoms with Gasteiger partial charge in [-0.15, -0.1) is 10.2 Å². The molecule has 0 aliphatic heterocycles. The van der Waals surface area contributed by atoms with Gasteiger partial charge in [-0.2, -0.15) is 5.10 Å². The first-order valence-electron chi connectivity index (χ1n) is 9.44. The molecule has 0 fully saturated rings. The quantitative estimate of drug-likeness (QED) is 0.422. The number of hydrogen-bond donors (Lipinski definition) is 0. The highest BCUT2D eigenvalue weighted by atomic mass is 16.5. The molecule has 7 nitrogen and oxygen atoms in total. The number of nitrogens with zero attached hydrogens (tertiary/aromatic N) is 5. The van der Waals surface area contributed by atoms with Gasteiger partial charge < -0.3 is 4.74 Å². The van der Waals surface area contributed by atoms with Crippen molar-refractivity contribution in [2.24, 2.45) is 0 Å². The molecule has 0 aliphatic carbocycles. The zero-order valence-corrected chi connectivity index (χ0v) is 15.9. The third-order valence-electron chi connectivity index (χ3n) is 4.74. The molecule has 3 aromatic heterocycles. The number of pyridine rings is 1. The van der Waals surface area contributed by atoms with Gasteiger partial charge in [0.25, 0.3) is 0 Å². The summed E-state index contributed by atoms with van der Waals surface area (Å²) in [7, 11) is 0. The lowest BCUT2D eigenvalue weighted by Gasteiger charge is -2.06. The molecule has 0 bridgehead atoms. The molecule has 7 heteroatoms. The molecule has 0 spiro atoms. The number of hydrogen-bond acceptors (Lipinski definition) is 5. The fraction of sp³-hybridized carbons (Fsp3) is 0.0435. The number of fused-ring (bicyclic) bond motifs is 1. The van der Waals surface area contributed by atoms with E-state index in [2.05, 4.69) is 10.2 Å². The average molecular weight is 395 g/mol. The summed E-state index contributed by atoms with van der Waals surface area (Å²) < 4.78 is 9.08. The first kappa shape index (κ1) is 17.8. The summed E-state index contributed by atoms with van der Waals surface area (Å²) in [6.45, 7) is 0.107. The van der Waals surface area contributed by atoms with Gasteiger partial charge >= 0.3 is 5.97 Å². The summed E-state index contributed by atoms with van der Waals surface area (Å²) in [6.07, 6.45) is 5.10. The summed E-state index contributed by atoms with van der Waals surface area (Å²) in [5, 5.41) is 12.5. The van der Waals surface area contributed by atoms with Gasteiger partial charge in [-0.3, -0.25) is 4.40 Å². The largest absolute Gasteiger partial charge is 0.457 e. The van der Waals surface area contributed by atoms with Gasteiger partial charge in [-0.1, -0.05) is 48.5 Å². The molecule has 5 aromatic rings. The molecule has 0 aliphatic rings. The van der Waals surface area contributed by atoms with Crippen molar-refractivity contribution in [3.8, 4) is 16.9 Å². The van der Waals surface area contributed by atoms with Crippen LogP contribution >= 0.6 is 0 Å². The molecule has 5 rings (SSSR count). The molecule has 0 amide bonds. The minimum Gasteiger partial charge on any atom is -0.457 e. The minimum atomic E-state index is -0.419. The lowest BCUT2D eigenvalue weighted by molar-refractivity contribution is 0.0473. The van der Waals surface area contributed by atoms with E-state index in [1.54, 1.807) is 33.7 Å². The number of benzene rings is 2. The van der Waals surface area contributed by atoms with Gasteiger partial charge in [0.1, 0.15) is 12.9 Å². The van der Waals surface area contributed by atoms with Crippen LogP contribution in [0.2, 0.25) is 0 Å². The Labute approximate surface area is 172 Å². The standard InChI is InChI=1S/C23H17N5O2/c29-23(18-11-12-21-25-24-16-27(21)13-18)30-15-19-14-28(20-9-5-2-6-10-20)26-22(19)17-7-3-1-4-8-17/h1-14,16H,15H2. The first-order valence-corrected chi connectivity index (χ1v) is 9.44. The van der Waals surface area contributed by atoms with E-state index in [-0.39, 0.29) is 6.61 Å². The predicted octanol–water partition coefficient (Wildman–Crippen LogP) is 3.94. The van der Waals surface area contributed by atoms with Crippen LogP contribution in [0.1, 0.15) is 15.9 Å². The van der Waals surface area contributed by atoms with Gasteiger partial charge in [0.05, 0.1) is 16.9 Å². The second-order valence-electron chi connectivity index (χ2n) is 6.74. The number of aromatic nitrogens is 5. The fourth-order valence-electron chi connectivity index (χ4n) is 3.24. The van der Waals surface area contributed by atoms with E-state index in [1.807, 2.05) is 66.9 Å². The molecule has 3 heterocycles. The second kappa shape index (κ2) is 7.63. The van der Waals surface area contributed by atoms with Crippen LogP contribution in [0, 0.1) is 0 Å². The number of esters is 1. The maximum atomic E-state index is 12.6. The van der Waals surface area contributed by atoms with Gasteiger partial charge in [-0.25, -0.2) is 9.48 Å². The summed E-state index contributed by atoms with van der Waals surface area (Å²) in [5.74, 6) is -0.419. The van der Waals surface area contributed by atoms with Crippen LogP contribution in [-0.4, -0.2) is 30.3 Å². The Kier molecular flexibility index (Phi) is 4.53. The van der Waals surface area contributed by atoms with Crippen molar-refractivity contribution < 1.29 is 9.53 Å². The number of carbonyl (C=O) groups is 1. The Balaban J connectivity index is 1.44. The van der Waals surface area contributed by atoms with E-state index in [1.165, 1.54) is 0 Å². The van der Waals surface area contributed by atoms with Gasteiger partial charge in [-0.05, 0) is 24.3 Å². The van der Waals surface area contributed by atoms with Crippen molar-refractivity contribution in [3.63, 3.8) is 0 Å². The van der Waals surface area contributed by atoms with Crippen LogP contribution in [0.25, 0.3) is 22.6 Å². The Morgan fingerprint density at radius 3 is 2.47 bits per heavy atom. The molecule has 146 valence electrons. The zero-order chi connectivity index (χ0) is 20.3. The van der Waals surface area contributed by atoms with Crippen molar-refractivity contribution in [1.82, 2.24) is 24.4 Å². The third kappa shape index (κ3) is 3.44. The number of carbonyl (C=O) groups excluding carboxylic acids is 1. The maximum Gasteiger partial charge on any atom is 0.339 e. The molecule has 0 radical (unpaired) electrons. The normalized spacial score (nSPS) is 10.9. The molecule has 0 unspecified atom stereocenters. The van der Waals surface area contributed by atoms with E-state index in [9.17, 15) is 4.79 Å². The highest BCUT2D eigenvalue weighted by Crippen LogP contribution is 2.24. The van der Waals surface area contributed by atoms with E-state index in [4.69, 9.17) is 9.84 Å². The molecule has 0 N–H and O–H groups in total. The monoisotopic (exact) mass is 395 g/mol. The third-order valence-corrected chi connectivity index (χ3v) is 4.74. The molecule has 0 saturated carbocycles.